The summed E-state index contributed by atoms with van der Waals surface area (Å²) in [6, 6.07) is 14.0. The Kier molecular flexibility index (Phi) is 5.15. The van der Waals surface area contributed by atoms with Crippen LogP contribution in [0.1, 0.15) is 22.5 Å². The molecule has 1 fully saturated rings. The van der Waals surface area contributed by atoms with Gasteiger partial charge in [0.25, 0.3) is 5.91 Å². The summed E-state index contributed by atoms with van der Waals surface area (Å²) in [6.45, 7) is 3.11. The molecule has 1 amide bonds. The van der Waals surface area contributed by atoms with Gasteiger partial charge in [-0.05, 0) is 61.4 Å². The number of amides is 1. The van der Waals surface area contributed by atoms with E-state index in [2.05, 4.69) is 15.0 Å². The van der Waals surface area contributed by atoms with Crippen molar-refractivity contribution in [1.82, 2.24) is 24.3 Å². The molecule has 4 N–H and O–H groups in total. The molecule has 0 radical (unpaired) electrons. The lowest BCUT2D eigenvalue weighted by molar-refractivity contribution is 0.0786. The van der Waals surface area contributed by atoms with E-state index in [0.717, 1.165) is 28.5 Å². The average Bonchev–Trinajstić information content (AvgIpc) is 3.51. The maximum atomic E-state index is 13.7. The van der Waals surface area contributed by atoms with Crippen LogP contribution in [-0.2, 0) is 0 Å². The first kappa shape index (κ1) is 22.1. The molecule has 180 valence electrons. The second-order valence-electron chi connectivity index (χ2n) is 9.18. The highest BCUT2D eigenvalue weighted by atomic mass is 19.1. The van der Waals surface area contributed by atoms with Crippen LogP contribution in [0.3, 0.4) is 0 Å². The summed E-state index contributed by atoms with van der Waals surface area (Å²) >= 11 is 0. The van der Waals surface area contributed by atoms with E-state index in [-0.39, 0.29) is 29.3 Å². The quantitative estimate of drug-likeness (QED) is 0.405. The third kappa shape index (κ3) is 3.64. The molecule has 1 aliphatic heterocycles. The fourth-order valence-corrected chi connectivity index (χ4v) is 4.82. The maximum Gasteiger partial charge on any atom is 0.274 e. The van der Waals surface area contributed by atoms with E-state index in [9.17, 15) is 9.18 Å². The number of imidazole rings is 1. The zero-order chi connectivity index (χ0) is 25.0. The number of carbonyl (C=O) groups is 1. The lowest BCUT2D eigenvalue weighted by Gasteiger charge is -2.15. The van der Waals surface area contributed by atoms with Crippen molar-refractivity contribution in [1.29, 1.82) is 0 Å². The number of rotatable bonds is 3. The Morgan fingerprint density at radius 1 is 1.08 bits per heavy atom. The van der Waals surface area contributed by atoms with Crippen molar-refractivity contribution in [2.24, 2.45) is 5.73 Å². The molecule has 0 spiro atoms. The number of carbonyl (C=O) groups excluding carboxylic acids is 1. The number of anilines is 1. The van der Waals surface area contributed by atoms with Crippen molar-refractivity contribution in [2.45, 2.75) is 19.4 Å². The maximum absolute atomic E-state index is 13.7. The highest BCUT2D eigenvalue weighted by Crippen LogP contribution is 2.35. The van der Waals surface area contributed by atoms with Gasteiger partial charge in [-0.25, -0.2) is 14.4 Å². The molecular weight excluding hydrogens is 457 g/mol. The van der Waals surface area contributed by atoms with Crippen LogP contribution in [0.15, 0.2) is 60.9 Å². The molecule has 0 bridgehead atoms. The first-order valence-corrected chi connectivity index (χ1v) is 11.7. The normalized spacial score (nSPS) is 15.8. The number of hydrogen-bond donors (Lipinski definition) is 2. The lowest BCUT2D eigenvalue weighted by Crippen LogP contribution is -2.32. The Labute approximate surface area is 206 Å². The van der Waals surface area contributed by atoms with E-state index in [4.69, 9.17) is 11.5 Å². The summed E-state index contributed by atoms with van der Waals surface area (Å²) in [6.07, 6.45) is 4.23. The summed E-state index contributed by atoms with van der Waals surface area (Å²) in [4.78, 5) is 28.6. The predicted molar refractivity (Wildman–Crippen MR) is 137 cm³/mol. The molecule has 4 heterocycles. The van der Waals surface area contributed by atoms with Crippen molar-refractivity contribution in [3.63, 3.8) is 0 Å². The predicted octanol–water partition coefficient (Wildman–Crippen LogP) is 3.81. The third-order valence-corrected chi connectivity index (χ3v) is 6.71. The molecular formula is C27H24FN7O. The number of halogens is 1. The number of fused-ring (bicyclic) bond motifs is 2. The Bertz CT molecular complexity index is 1640. The van der Waals surface area contributed by atoms with E-state index in [1.165, 1.54) is 12.1 Å². The van der Waals surface area contributed by atoms with Crippen molar-refractivity contribution in [3.8, 4) is 22.5 Å². The number of nitrogen functional groups attached to an aromatic ring is 1. The Morgan fingerprint density at radius 2 is 1.86 bits per heavy atom. The fraction of sp³-hybridized carbons (Fsp3) is 0.185. The first-order valence-electron chi connectivity index (χ1n) is 11.7. The molecule has 3 aromatic heterocycles. The second-order valence-corrected chi connectivity index (χ2v) is 9.18. The zero-order valence-corrected chi connectivity index (χ0v) is 19.6. The van der Waals surface area contributed by atoms with Gasteiger partial charge in [0.05, 0.1) is 16.9 Å². The summed E-state index contributed by atoms with van der Waals surface area (Å²) in [7, 11) is 0. The number of benzene rings is 2. The van der Waals surface area contributed by atoms with Crippen LogP contribution < -0.4 is 11.5 Å². The number of likely N-dealkylation sites (tertiary alicyclic amines) is 1. The van der Waals surface area contributed by atoms with Crippen LogP contribution in [0.2, 0.25) is 0 Å². The minimum absolute atomic E-state index is 0.0344. The lowest BCUT2D eigenvalue weighted by atomic mass is 10.0. The van der Waals surface area contributed by atoms with Crippen LogP contribution in [0.4, 0.5) is 10.2 Å². The molecule has 1 saturated heterocycles. The number of nitrogens with zero attached hydrogens (tertiary/aromatic N) is 5. The van der Waals surface area contributed by atoms with Crippen LogP contribution in [-0.4, -0.2) is 49.3 Å². The van der Waals surface area contributed by atoms with E-state index in [1.807, 2.05) is 31.2 Å². The Morgan fingerprint density at radius 3 is 2.61 bits per heavy atom. The van der Waals surface area contributed by atoms with E-state index < -0.39 is 0 Å². The van der Waals surface area contributed by atoms with E-state index >= 15 is 0 Å². The van der Waals surface area contributed by atoms with Crippen LogP contribution in [0.25, 0.3) is 39.1 Å². The molecule has 36 heavy (non-hydrogen) atoms. The monoisotopic (exact) mass is 481 g/mol. The molecule has 6 rings (SSSR count). The average molecular weight is 482 g/mol. The molecule has 8 nitrogen and oxygen atoms in total. The highest BCUT2D eigenvalue weighted by Gasteiger charge is 2.28. The minimum Gasteiger partial charge on any atom is -0.381 e. The van der Waals surface area contributed by atoms with Gasteiger partial charge in [0.1, 0.15) is 11.5 Å². The van der Waals surface area contributed by atoms with Gasteiger partial charge in [0.2, 0.25) is 0 Å². The van der Waals surface area contributed by atoms with Gasteiger partial charge < -0.3 is 16.4 Å². The van der Waals surface area contributed by atoms with Crippen LogP contribution in [0.5, 0.6) is 0 Å². The van der Waals surface area contributed by atoms with Gasteiger partial charge in [-0.2, -0.15) is 0 Å². The van der Waals surface area contributed by atoms with Crippen molar-refractivity contribution in [3.05, 3.63) is 78.0 Å². The zero-order valence-electron chi connectivity index (χ0n) is 19.6. The summed E-state index contributed by atoms with van der Waals surface area (Å²) in [5, 5.41) is 0.993. The number of pyridine rings is 1. The molecule has 1 aliphatic rings. The summed E-state index contributed by atoms with van der Waals surface area (Å²) < 4.78 is 15.5. The first-order chi connectivity index (χ1) is 17.4. The SMILES string of the molecule is Cc1ccnc2ccc(-c3c(-c4ccc(F)cc4)nc(N)c4nc(C(=O)N5CCC(N)C5)cn34)cc12. The van der Waals surface area contributed by atoms with Gasteiger partial charge >= 0.3 is 0 Å². The van der Waals surface area contributed by atoms with E-state index in [0.29, 0.717) is 35.7 Å². The largest absolute Gasteiger partial charge is 0.381 e. The van der Waals surface area contributed by atoms with Crippen molar-refractivity contribution in [2.75, 3.05) is 18.8 Å². The van der Waals surface area contributed by atoms with E-state index in [1.54, 1.807) is 33.8 Å². The second kappa shape index (κ2) is 8.39. The molecule has 0 saturated carbocycles. The third-order valence-electron chi connectivity index (χ3n) is 6.71. The molecule has 1 unspecified atom stereocenters. The van der Waals surface area contributed by atoms with Gasteiger partial charge in [-0.3, -0.25) is 14.2 Å². The standard InChI is InChI=1S/C27H24FN7O/c1-15-8-10-31-21-7-4-17(12-20(15)21)24-23(16-2-5-18(28)6-3-16)33-25(30)26-32-22(14-35(24)26)27(36)34-11-9-19(29)13-34/h2-8,10,12,14,19H,9,11,13,29H2,1H3,(H2,30,33). The number of hydrogen-bond acceptors (Lipinski definition) is 6. The Balaban J connectivity index is 1.61. The minimum atomic E-state index is -0.346. The van der Waals surface area contributed by atoms with Gasteiger partial charge in [0.15, 0.2) is 11.5 Å². The molecule has 2 aromatic carbocycles. The van der Waals surface area contributed by atoms with Crippen LogP contribution >= 0.6 is 0 Å². The molecule has 0 aliphatic carbocycles. The highest BCUT2D eigenvalue weighted by molar-refractivity contribution is 5.95. The van der Waals surface area contributed by atoms with Gasteiger partial charge in [-0.15, -0.1) is 0 Å². The summed E-state index contributed by atoms with van der Waals surface area (Å²) in [5.41, 5.74) is 17.7. The number of nitrogens with two attached hydrogens (primary N) is 2. The van der Waals surface area contributed by atoms with Gasteiger partial charge in [-0.1, -0.05) is 6.07 Å². The number of aryl methyl sites for hydroxylation is 1. The van der Waals surface area contributed by atoms with Crippen molar-refractivity contribution < 1.29 is 9.18 Å². The molecule has 1 atom stereocenters. The summed E-state index contributed by atoms with van der Waals surface area (Å²) in [5.74, 6) is -0.367. The van der Waals surface area contributed by atoms with Gasteiger partial charge in [0, 0.05) is 48.0 Å². The van der Waals surface area contributed by atoms with Crippen molar-refractivity contribution >= 4 is 28.3 Å². The molecule has 9 heteroatoms. The topological polar surface area (TPSA) is 115 Å². The number of aromatic nitrogens is 4. The smallest absolute Gasteiger partial charge is 0.274 e. The fourth-order valence-electron chi connectivity index (χ4n) is 4.82. The van der Waals surface area contributed by atoms with Crippen LogP contribution in [0, 0.1) is 12.7 Å². The Hall–Kier alpha value is -4.37. The molecule has 5 aromatic rings.